The Bertz CT molecular complexity index is 624. The van der Waals surface area contributed by atoms with Crippen LogP contribution in [0.2, 0.25) is 0 Å². The van der Waals surface area contributed by atoms with Crippen molar-refractivity contribution in [3.05, 3.63) is 41.5 Å². The standard InChI is InChI=1S/C23H32F2O/c1-4-16-6-8-17(9-7-16)18-10-12-19(13-11-18)21-15(3)14-20(26-5-2)22(24)23(21)25/h4,14,16-19H,1,5-13H2,2-3H3. The molecule has 1 aromatic rings. The van der Waals surface area contributed by atoms with Gasteiger partial charge in [-0.1, -0.05) is 6.08 Å². The number of halogens is 2. The number of allylic oxidation sites excluding steroid dienone is 1. The van der Waals surface area contributed by atoms with E-state index in [1.165, 1.54) is 25.7 Å². The minimum absolute atomic E-state index is 0.0407. The second-order valence-electron chi connectivity index (χ2n) is 8.19. The maximum Gasteiger partial charge on any atom is 0.200 e. The molecule has 0 aromatic heterocycles. The van der Waals surface area contributed by atoms with E-state index < -0.39 is 11.6 Å². The molecule has 0 radical (unpaired) electrons. The van der Waals surface area contributed by atoms with Gasteiger partial charge in [0.25, 0.3) is 0 Å². The van der Waals surface area contributed by atoms with Gasteiger partial charge >= 0.3 is 0 Å². The minimum Gasteiger partial charge on any atom is -0.491 e. The van der Waals surface area contributed by atoms with Gasteiger partial charge in [-0.15, -0.1) is 6.58 Å². The van der Waals surface area contributed by atoms with Crippen molar-refractivity contribution in [1.29, 1.82) is 0 Å². The molecule has 0 heterocycles. The second-order valence-corrected chi connectivity index (χ2v) is 8.19. The fourth-order valence-corrected chi connectivity index (χ4v) is 5.23. The maximum absolute atomic E-state index is 14.7. The summed E-state index contributed by atoms with van der Waals surface area (Å²) in [6.07, 6.45) is 11.5. The van der Waals surface area contributed by atoms with Crippen LogP contribution in [-0.4, -0.2) is 6.61 Å². The SMILES string of the molecule is C=CC1CCC(C2CCC(c3c(C)cc(OCC)c(F)c3F)CC2)CC1. The summed E-state index contributed by atoms with van der Waals surface area (Å²) in [6, 6.07) is 1.67. The lowest BCUT2D eigenvalue weighted by Gasteiger charge is -2.37. The molecule has 0 amide bonds. The number of rotatable bonds is 5. The first-order chi connectivity index (χ1) is 12.5. The Kier molecular flexibility index (Phi) is 6.37. The van der Waals surface area contributed by atoms with E-state index >= 15 is 0 Å². The topological polar surface area (TPSA) is 9.23 Å². The van der Waals surface area contributed by atoms with E-state index in [1.54, 1.807) is 13.0 Å². The number of hydrogen-bond donors (Lipinski definition) is 0. The van der Waals surface area contributed by atoms with Gasteiger partial charge in [0.1, 0.15) is 0 Å². The van der Waals surface area contributed by atoms with Gasteiger partial charge in [-0.05, 0) is 106 Å². The molecule has 0 unspecified atom stereocenters. The first-order valence-electron chi connectivity index (χ1n) is 10.3. The fourth-order valence-electron chi connectivity index (χ4n) is 5.23. The van der Waals surface area contributed by atoms with Crippen LogP contribution in [0.3, 0.4) is 0 Å². The summed E-state index contributed by atoms with van der Waals surface area (Å²) in [7, 11) is 0. The highest BCUT2D eigenvalue weighted by Gasteiger charge is 2.33. The fraction of sp³-hybridized carbons (Fsp3) is 0.652. The van der Waals surface area contributed by atoms with Gasteiger partial charge in [-0.3, -0.25) is 0 Å². The number of ether oxygens (including phenoxy) is 1. The molecule has 0 N–H and O–H groups in total. The van der Waals surface area contributed by atoms with Crippen LogP contribution in [0.25, 0.3) is 0 Å². The lowest BCUT2D eigenvalue weighted by atomic mass is 9.68. The molecule has 0 spiro atoms. The molecule has 144 valence electrons. The van der Waals surface area contributed by atoms with Gasteiger partial charge < -0.3 is 4.74 Å². The number of hydrogen-bond acceptors (Lipinski definition) is 1. The zero-order chi connectivity index (χ0) is 18.7. The molecule has 26 heavy (non-hydrogen) atoms. The van der Waals surface area contributed by atoms with E-state index in [0.29, 0.717) is 18.1 Å². The van der Waals surface area contributed by atoms with Gasteiger partial charge in [0.2, 0.25) is 5.82 Å². The Morgan fingerprint density at radius 3 is 2.12 bits per heavy atom. The Morgan fingerprint density at radius 1 is 1.00 bits per heavy atom. The summed E-state index contributed by atoms with van der Waals surface area (Å²) < 4.78 is 34.2. The first kappa shape index (κ1) is 19.4. The van der Waals surface area contributed by atoms with E-state index in [-0.39, 0.29) is 11.7 Å². The van der Waals surface area contributed by atoms with Gasteiger partial charge in [0.05, 0.1) is 6.61 Å². The minimum atomic E-state index is -0.822. The van der Waals surface area contributed by atoms with Gasteiger partial charge in [-0.25, -0.2) is 4.39 Å². The van der Waals surface area contributed by atoms with Gasteiger partial charge in [-0.2, -0.15) is 4.39 Å². The number of aryl methyl sites for hydroxylation is 1. The highest BCUT2D eigenvalue weighted by Crippen LogP contribution is 2.45. The van der Waals surface area contributed by atoms with Crippen molar-refractivity contribution >= 4 is 0 Å². The van der Waals surface area contributed by atoms with Crippen LogP contribution in [0.1, 0.15) is 75.3 Å². The van der Waals surface area contributed by atoms with Crippen LogP contribution >= 0.6 is 0 Å². The van der Waals surface area contributed by atoms with Gasteiger partial charge in [0, 0.05) is 0 Å². The zero-order valence-corrected chi connectivity index (χ0v) is 16.2. The summed E-state index contributed by atoms with van der Waals surface area (Å²) in [5.41, 5.74) is 1.40. The van der Waals surface area contributed by atoms with Crippen molar-refractivity contribution in [2.45, 2.75) is 71.1 Å². The van der Waals surface area contributed by atoms with E-state index in [9.17, 15) is 8.78 Å². The summed E-state index contributed by atoms with van der Waals surface area (Å²) in [5.74, 6) is 0.940. The molecule has 0 saturated heterocycles. The molecule has 1 aromatic carbocycles. The van der Waals surface area contributed by atoms with Crippen molar-refractivity contribution in [3.63, 3.8) is 0 Å². The Hall–Kier alpha value is -1.38. The Balaban J connectivity index is 1.65. The molecule has 2 fully saturated rings. The molecule has 3 heteroatoms. The van der Waals surface area contributed by atoms with Gasteiger partial charge in [0.15, 0.2) is 11.6 Å². The lowest BCUT2D eigenvalue weighted by molar-refractivity contribution is 0.170. The van der Waals surface area contributed by atoms with Crippen molar-refractivity contribution < 1.29 is 13.5 Å². The van der Waals surface area contributed by atoms with Crippen LogP contribution in [0.4, 0.5) is 8.78 Å². The third kappa shape index (κ3) is 3.97. The lowest BCUT2D eigenvalue weighted by Crippen LogP contribution is -2.25. The average Bonchev–Trinajstić information content (AvgIpc) is 2.67. The van der Waals surface area contributed by atoms with Crippen LogP contribution in [0.5, 0.6) is 5.75 Å². The normalized spacial score (nSPS) is 29.4. The van der Waals surface area contributed by atoms with E-state index in [4.69, 9.17) is 4.74 Å². The highest BCUT2D eigenvalue weighted by atomic mass is 19.2. The predicted molar refractivity (Wildman–Crippen MR) is 103 cm³/mol. The smallest absolute Gasteiger partial charge is 0.200 e. The summed E-state index contributed by atoms with van der Waals surface area (Å²) in [6.45, 7) is 7.93. The third-order valence-corrected chi connectivity index (χ3v) is 6.71. The molecule has 0 aliphatic heterocycles. The number of benzene rings is 1. The zero-order valence-electron chi connectivity index (χ0n) is 16.2. The van der Waals surface area contributed by atoms with Crippen molar-refractivity contribution in [3.8, 4) is 5.75 Å². The first-order valence-corrected chi connectivity index (χ1v) is 10.3. The Morgan fingerprint density at radius 2 is 1.58 bits per heavy atom. The Labute approximate surface area is 156 Å². The highest BCUT2D eigenvalue weighted by molar-refractivity contribution is 5.40. The average molecular weight is 363 g/mol. The molecular formula is C23H32F2O. The molecule has 0 atom stereocenters. The second kappa shape index (κ2) is 8.54. The van der Waals surface area contributed by atoms with Crippen LogP contribution in [0.15, 0.2) is 18.7 Å². The molecule has 0 bridgehead atoms. The largest absolute Gasteiger partial charge is 0.491 e. The van der Waals surface area contributed by atoms with Crippen molar-refractivity contribution in [2.24, 2.45) is 17.8 Å². The summed E-state index contributed by atoms with van der Waals surface area (Å²) >= 11 is 0. The molecular weight excluding hydrogens is 330 g/mol. The summed E-state index contributed by atoms with van der Waals surface area (Å²) in [4.78, 5) is 0. The van der Waals surface area contributed by atoms with Crippen LogP contribution in [0, 0.1) is 36.3 Å². The monoisotopic (exact) mass is 362 g/mol. The molecule has 3 rings (SSSR count). The molecule has 1 nitrogen and oxygen atoms in total. The van der Waals surface area contributed by atoms with Crippen LogP contribution < -0.4 is 4.74 Å². The predicted octanol–water partition coefficient (Wildman–Crippen LogP) is 6.94. The van der Waals surface area contributed by atoms with Crippen LogP contribution in [-0.2, 0) is 0 Å². The van der Waals surface area contributed by atoms with Crippen molar-refractivity contribution in [1.82, 2.24) is 0 Å². The maximum atomic E-state index is 14.7. The van der Waals surface area contributed by atoms with E-state index in [0.717, 1.165) is 43.1 Å². The van der Waals surface area contributed by atoms with Crippen molar-refractivity contribution in [2.75, 3.05) is 6.61 Å². The van der Waals surface area contributed by atoms with E-state index in [1.807, 2.05) is 6.92 Å². The molecule has 2 aliphatic rings. The molecule has 2 aliphatic carbocycles. The summed E-state index contributed by atoms with van der Waals surface area (Å²) in [5, 5.41) is 0. The van der Waals surface area contributed by atoms with E-state index in [2.05, 4.69) is 12.7 Å². The molecule has 2 saturated carbocycles. The quantitative estimate of drug-likeness (QED) is 0.516. The third-order valence-electron chi connectivity index (χ3n) is 6.71.